The molecule has 1 saturated heterocycles. The number of anilines is 1. The molecule has 0 aliphatic carbocycles. The maximum atomic E-state index is 8.98. The van der Waals surface area contributed by atoms with Gasteiger partial charge in [0.05, 0.1) is 0 Å². The van der Waals surface area contributed by atoms with Crippen molar-refractivity contribution in [2.75, 3.05) is 25.1 Å². The van der Waals surface area contributed by atoms with Crippen LogP contribution in [0.1, 0.15) is 25.0 Å². The van der Waals surface area contributed by atoms with E-state index in [2.05, 4.69) is 19.9 Å². The molecule has 1 atom stereocenters. The molecule has 0 bridgehead atoms. The van der Waals surface area contributed by atoms with Crippen molar-refractivity contribution in [1.82, 2.24) is 14.5 Å². The lowest BCUT2D eigenvalue weighted by Gasteiger charge is -2.31. The Kier molecular flexibility index (Phi) is 4.66. The van der Waals surface area contributed by atoms with Crippen LogP contribution in [0.25, 0.3) is 0 Å². The number of aliphatic hydroxyl groups is 1. The molecule has 1 aromatic rings. The summed E-state index contributed by atoms with van der Waals surface area (Å²) in [6.45, 7) is 3.19. The highest BCUT2D eigenvalue weighted by molar-refractivity contribution is 7.10. The molecule has 6 nitrogen and oxygen atoms in total. The Morgan fingerprint density at radius 3 is 3.24 bits per heavy atom. The first kappa shape index (κ1) is 12.7. The van der Waals surface area contributed by atoms with Crippen LogP contribution in [-0.2, 0) is 6.54 Å². The first-order valence-electron chi connectivity index (χ1n) is 5.94. The first-order chi connectivity index (χ1) is 8.33. The molecular weight excluding hydrogens is 238 g/mol. The fourth-order valence-corrected chi connectivity index (χ4v) is 2.83. The molecule has 1 unspecified atom stereocenters. The van der Waals surface area contributed by atoms with Gasteiger partial charge in [0.15, 0.2) is 0 Å². The van der Waals surface area contributed by atoms with Crippen LogP contribution in [0.15, 0.2) is 0 Å². The number of hydrogen-bond donors (Lipinski definition) is 3. The largest absolute Gasteiger partial charge is 0.396 e. The highest BCUT2D eigenvalue weighted by atomic mass is 32.1. The summed E-state index contributed by atoms with van der Waals surface area (Å²) in [6, 6.07) is 0. The number of rotatable bonds is 5. The third-order valence-electron chi connectivity index (χ3n) is 3.20. The van der Waals surface area contributed by atoms with Crippen LogP contribution in [0.2, 0.25) is 0 Å². The number of piperidine rings is 1. The van der Waals surface area contributed by atoms with E-state index >= 15 is 0 Å². The molecular formula is C10H19N5OS. The maximum absolute atomic E-state index is 8.98. The second kappa shape index (κ2) is 6.25. The SMILES string of the molecule is NNc1snnc1CN1CCCC(CCO)C1. The highest BCUT2D eigenvalue weighted by Gasteiger charge is 2.21. The fourth-order valence-electron chi connectivity index (χ4n) is 2.35. The number of nitrogen functional groups attached to an aromatic ring is 1. The van der Waals surface area contributed by atoms with Gasteiger partial charge in [0.25, 0.3) is 0 Å². The van der Waals surface area contributed by atoms with Gasteiger partial charge in [-0.3, -0.25) is 4.90 Å². The summed E-state index contributed by atoms with van der Waals surface area (Å²) in [7, 11) is 0. The van der Waals surface area contributed by atoms with Crippen molar-refractivity contribution < 1.29 is 5.11 Å². The molecule has 2 rings (SSSR count). The Labute approximate surface area is 105 Å². The Morgan fingerprint density at radius 1 is 1.59 bits per heavy atom. The van der Waals surface area contributed by atoms with E-state index in [1.165, 1.54) is 24.4 Å². The minimum atomic E-state index is 0.284. The molecule has 0 radical (unpaired) electrons. The molecule has 1 aliphatic rings. The van der Waals surface area contributed by atoms with Gasteiger partial charge in [0.2, 0.25) is 0 Å². The molecule has 1 aromatic heterocycles. The molecule has 0 amide bonds. The van der Waals surface area contributed by atoms with E-state index in [-0.39, 0.29) is 6.61 Å². The lowest BCUT2D eigenvalue weighted by molar-refractivity contribution is 0.141. The number of likely N-dealkylation sites (tertiary alicyclic amines) is 1. The van der Waals surface area contributed by atoms with E-state index in [0.29, 0.717) is 5.92 Å². The molecule has 7 heteroatoms. The van der Waals surface area contributed by atoms with E-state index < -0.39 is 0 Å². The summed E-state index contributed by atoms with van der Waals surface area (Å²) >= 11 is 1.29. The van der Waals surface area contributed by atoms with Gasteiger partial charge in [0, 0.05) is 31.2 Å². The second-order valence-electron chi connectivity index (χ2n) is 4.45. The molecule has 0 aromatic carbocycles. The van der Waals surface area contributed by atoms with Crippen molar-refractivity contribution in [2.45, 2.75) is 25.8 Å². The predicted molar refractivity (Wildman–Crippen MR) is 67.4 cm³/mol. The summed E-state index contributed by atoms with van der Waals surface area (Å²) in [6.07, 6.45) is 3.30. The lowest BCUT2D eigenvalue weighted by atomic mass is 9.95. The molecule has 1 aliphatic heterocycles. The molecule has 0 spiro atoms. The third-order valence-corrected chi connectivity index (χ3v) is 3.90. The summed E-state index contributed by atoms with van der Waals surface area (Å²) in [4.78, 5) is 2.36. The quantitative estimate of drug-likeness (QED) is 0.523. The number of aromatic nitrogens is 2. The standard InChI is InChI=1S/C10H19N5OS/c11-12-10-9(13-14-17-10)7-15-4-1-2-8(6-15)3-5-16/h8,12,16H,1-7,11H2. The van der Waals surface area contributed by atoms with E-state index in [1.54, 1.807) is 0 Å². The first-order valence-corrected chi connectivity index (χ1v) is 6.72. The summed E-state index contributed by atoms with van der Waals surface area (Å²) in [5, 5.41) is 13.9. The average molecular weight is 257 g/mol. The number of nitrogens with one attached hydrogen (secondary N) is 1. The van der Waals surface area contributed by atoms with Crippen LogP contribution in [0.3, 0.4) is 0 Å². The van der Waals surface area contributed by atoms with E-state index in [9.17, 15) is 0 Å². The van der Waals surface area contributed by atoms with Gasteiger partial charge < -0.3 is 10.5 Å². The van der Waals surface area contributed by atoms with Gasteiger partial charge in [-0.25, -0.2) is 5.84 Å². The van der Waals surface area contributed by atoms with Crippen LogP contribution in [-0.4, -0.2) is 39.3 Å². The van der Waals surface area contributed by atoms with Crippen LogP contribution in [0, 0.1) is 5.92 Å². The Balaban J connectivity index is 1.90. The lowest BCUT2D eigenvalue weighted by Crippen LogP contribution is -2.35. The maximum Gasteiger partial charge on any atom is 0.148 e. The van der Waals surface area contributed by atoms with Gasteiger partial charge in [-0.2, -0.15) is 0 Å². The normalized spacial score (nSPS) is 21.6. The average Bonchev–Trinajstić information content (AvgIpc) is 2.77. The Hall–Kier alpha value is -0.760. The Morgan fingerprint density at radius 2 is 2.47 bits per heavy atom. The van der Waals surface area contributed by atoms with Gasteiger partial charge in [-0.05, 0) is 31.7 Å². The number of nitrogens with two attached hydrogens (primary N) is 1. The number of hydrazine groups is 1. The monoisotopic (exact) mass is 257 g/mol. The van der Waals surface area contributed by atoms with Crippen LogP contribution < -0.4 is 11.3 Å². The zero-order valence-electron chi connectivity index (χ0n) is 9.80. The smallest absolute Gasteiger partial charge is 0.148 e. The van der Waals surface area contributed by atoms with Crippen molar-refractivity contribution >= 4 is 16.5 Å². The summed E-state index contributed by atoms with van der Waals surface area (Å²) in [5.41, 5.74) is 3.55. The van der Waals surface area contributed by atoms with E-state index in [4.69, 9.17) is 10.9 Å². The summed E-state index contributed by atoms with van der Waals surface area (Å²) < 4.78 is 3.90. The fraction of sp³-hybridized carbons (Fsp3) is 0.800. The topological polar surface area (TPSA) is 87.3 Å². The van der Waals surface area contributed by atoms with Gasteiger partial charge in [0.1, 0.15) is 10.7 Å². The predicted octanol–water partition coefficient (Wildman–Crippen LogP) is 0.418. The van der Waals surface area contributed by atoms with Crippen molar-refractivity contribution in [1.29, 1.82) is 0 Å². The van der Waals surface area contributed by atoms with E-state index in [0.717, 1.165) is 36.8 Å². The highest BCUT2D eigenvalue weighted by Crippen LogP contribution is 2.23. The van der Waals surface area contributed by atoms with Crippen LogP contribution in [0.4, 0.5) is 5.00 Å². The molecule has 1 fully saturated rings. The Bertz CT molecular complexity index is 343. The van der Waals surface area contributed by atoms with Crippen molar-refractivity contribution in [3.8, 4) is 0 Å². The van der Waals surface area contributed by atoms with Crippen molar-refractivity contribution in [2.24, 2.45) is 11.8 Å². The molecule has 0 saturated carbocycles. The van der Waals surface area contributed by atoms with Crippen LogP contribution in [0.5, 0.6) is 0 Å². The number of hydrogen-bond acceptors (Lipinski definition) is 7. The second-order valence-corrected chi connectivity index (χ2v) is 5.20. The molecule has 96 valence electrons. The van der Waals surface area contributed by atoms with Gasteiger partial charge in [-0.15, -0.1) is 5.10 Å². The van der Waals surface area contributed by atoms with Crippen molar-refractivity contribution in [3.05, 3.63) is 5.69 Å². The molecule has 4 N–H and O–H groups in total. The zero-order chi connectivity index (χ0) is 12.1. The van der Waals surface area contributed by atoms with E-state index in [1.807, 2.05) is 0 Å². The number of aliphatic hydroxyl groups excluding tert-OH is 1. The minimum Gasteiger partial charge on any atom is -0.396 e. The number of nitrogens with zero attached hydrogens (tertiary/aromatic N) is 3. The van der Waals surface area contributed by atoms with Gasteiger partial charge in [-0.1, -0.05) is 4.49 Å². The van der Waals surface area contributed by atoms with Gasteiger partial charge >= 0.3 is 0 Å². The third kappa shape index (κ3) is 3.35. The zero-order valence-corrected chi connectivity index (χ0v) is 10.6. The summed E-state index contributed by atoms with van der Waals surface area (Å²) in [5.74, 6) is 6.01. The molecule has 2 heterocycles. The van der Waals surface area contributed by atoms with Crippen molar-refractivity contribution in [3.63, 3.8) is 0 Å². The minimum absolute atomic E-state index is 0.284. The molecule has 17 heavy (non-hydrogen) atoms. The van der Waals surface area contributed by atoms with Crippen LogP contribution >= 0.6 is 11.5 Å².